The molecule has 0 bridgehead atoms. The summed E-state index contributed by atoms with van der Waals surface area (Å²) < 4.78 is 0.986. The van der Waals surface area contributed by atoms with Gasteiger partial charge in [-0.3, -0.25) is 4.98 Å². The fraction of sp³-hybridized carbons (Fsp3) is 0.167. The van der Waals surface area contributed by atoms with Crippen molar-refractivity contribution in [2.75, 3.05) is 19.0 Å². The molecule has 0 N–H and O–H groups in total. The van der Waals surface area contributed by atoms with Crippen LogP contribution in [0.25, 0.3) is 10.9 Å². The molecule has 80 valence electrons. The molecular weight excluding hydrogens is 266 g/mol. The quantitative estimate of drug-likeness (QED) is 0.804. The van der Waals surface area contributed by atoms with Crippen molar-refractivity contribution in [2.45, 2.75) is 0 Å². The number of nitriles is 1. The lowest BCUT2D eigenvalue weighted by atomic mass is 10.1. The predicted molar refractivity (Wildman–Crippen MR) is 68.5 cm³/mol. The monoisotopic (exact) mass is 275 g/mol. The zero-order valence-electron chi connectivity index (χ0n) is 9.03. The molecule has 1 aromatic heterocycles. The van der Waals surface area contributed by atoms with Crippen LogP contribution in [0.5, 0.6) is 0 Å². The number of halogens is 1. The predicted octanol–water partition coefficient (Wildman–Crippen LogP) is 2.93. The minimum Gasteiger partial charge on any atom is -0.376 e. The fourth-order valence-corrected chi connectivity index (χ4v) is 2.08. The van der Waals surface area contributed by atoms with Gasteiger partial charge in [0.2, 0.25) is 0 Å². The van der Waals surface area contributed by atoms with Crippen LogP contribution in [0.15, 0.2) is 28.9 Å². The summed E-state index contributed by atoms with van der Waals surface area (Å²) in [7, 11) is 3.85. The van der Waals surface area contributed by atoms with Crippen molar-refractivity contribution in [3.8, 4) is 6.07 Å². The van der Waals surface area contributed by atoms with Crippen molar-refractivity contribution in [3.63, 3.8) is 0 Å². The molecule has 0 unspecified atom stereocenters. The van der Waals surface area contributed by atoms with Crippen molar-refractivity contribution in [1.82, 2.24) is 4.98 Å². The maximum atomic E-state index is 9.07. The molecule has 0 radical (unpaired) electrons. The van der Waals surface area contributed by atoms with E-state index in [-0.39, 0.29) is 0 Å². The summed E-state index contributed by atoms with van der Waals surface area (Å²) >= 11 is 3.43. The molecule has 0 amide bonds. The van der Waals surface area contributed by atoms with E-state index >= 15 is 0 Å². The molecule has 0 aliphatic carbocycles. The smallest absolute Gasteiger partial charge is 0.103 e. The Morgan fingerprint density at radius 1 is 1.38 bits per heavy atom. The highest BCUT2D eigenvalue weighted by Gasteiger charge is 2.10. The normalized spacial score (nSPS) is 10.1. The summed E-state index contributed by atoms with van der Waals surface area (Å²) in [6, 6.07) is 8.04. The average Bonchev–Trinajstić information content (AvgIpc) is 2.26. The number of fused-ring (bicyclic) bond motifs is 1. The SMILES string of the molecule is CN(C)c1c(C#N)cnc2ccc(Br)cc12. The number of benzene rings is 1. The maximum Gasteiger partial charge on any atom is 0.103 e. The Labute approximate surface area is 102 Å². The average molecular weight is 276 g/mol. The lowest BCUT2D eigenvalue weighted by Gasteiger charge is -2.16. The molecule has 0 aliphatic rings. The summed E-state index contributed by atoms with van der Waals surface area (Å²) in [5, 5.41) is 10.1. The summed E-state index contributed by atoms with van der Waals surface area (Å²) in [4.78, 5) is 6.21. The summed E-state index contributed by atoms with van der Waals surface area (Å²) in [5.41, 5.74) is 2.40. The fourth-order valence-electron chi connectivity index (χ4n) is 1.71. The highest BCUT2D eigenvalue weighted by molar-refractivity contribution is 9.10. The van der Waals surface area contributed by atoms with Gasteiger partial charge in [0, 0.05) is 30.2 Å². The molecule has 0 atom stereocenters. The van der Waals surface area contributed by atoms with Gasteiger partial charge in [-0.2, -0.15) is 5.26 Å². The van der Waals surface area contributed by atoms with E-state index < -0.39 is 0 Å². The molecule has 3 nitrogen and oxygen atoms in total. The number of hydrogen-bond donors (Lipinski definition) is 0. The largest absolute Gasteiger partial charge is 0.376 e. The molecule has 0 spiro atoms. The minimum absolute atomic E-state index is 0.593. The Bertz CT molecular complexity index is 585. The Morgan fingerprint density at radius 3 is 2.75 bits per heavy atom. The van der Waals surface area contributed by atoms with E-state index in [2.05, 4.69) is 27.0 Å². The topological polar surface area (TPSA) is 39.9 Å². The van der Waals surface area contributed by atoms with Crippen LogP contribution in [0.4, 0.5) is 5.69 Å². The molecule has 2 rings (SSSR count). The van der Waals surface area contributed by atoms with Crippen LogP contribution in [0.2, 0.25) is 0 Å². The van der Waals surface area contributed by atoms with E-state index in [1.165, 1.54) is 0 Å². The molecule has 0 fully saturated rings. The van der Waals surface area contributed by atoms with Crippen LogP contribution < -0.4 is 4.90 Å². The van der Waals surface area contributed by atoms with Gasteiger partial charge in [-0.15, -0.1) is 0 Å². The Hall–Kier alpha value is -1.60. The lowest BCUT2D eigenvalue weighted by Crippen LogP contribution is -2.11. The molecule has 0 saturated carbocycles. The molecule has 4 heteroatoms. The first kappa shape index (κ1) is 10.9. The molecule has 0 aliphatic heterocycles. The summed E-state index contributed by atoms with van der Waals surface area (Å²) in [6.45, 7) is 0. The van der Waals surface area contributed by atoms with Gasteiger partial charge >= 0.3 is 0 Å². The van der Waals surface area contributed by atoms with Crippen LogP contribution in [0, 0.1) is 11.3 Å². The molecule has 1 aromatic carbocycles. The Kier molecular flexibility index (Phi) is 2.80. The van der Waals surface area contributed by atoms with Gasteiger partial charge in [-0.25, -0.2) is 0 Å². The van der Waals surface area contributed by atoms with Gasteiger partial charge in [0.1, 0.15) is 6.07 Å². The van der Waals surface area contributed by atoms with Gasteiger partial charge in [-0.05, 0) is 18.2 Å². The lowest BCUT2D eigenvalue weighted by molar-refractivity contribution is 1.13. The summed E-state index contributed by atoms with van der Waals surface area (Å²) in [6.07, 6.45) is 1.62. The van der Waals surface area contributed by atoms with Gasteiger partial charge < -0.3 is 4.90 Å². The highest BCUT2D eigenvalue weighted by atomic mass is 79.9. The first-order valence-corrected chi connectivity index (χ1v) is 5.58. The first-order chi connectivity index (χ1) is 7.63. The standard InChI is InChI=1S/C12H10BrN3/c1-16(2)12-8(6-14)7-15-11-4-3-9(13)5-10(11)12/h3-5,7H,1-2H3. The number of pyridine rings is 1. The Morgan fingerprint density at radius 2 is 2.12 bits per heavy atom. The number of rotatable bonds is 1. The Balaban J connectivity index is 2.88. The van der Waals surface area contributed by atoms with Crippen molar-refractivity contribution >= 4 is 32.5 Å². The van der Waals surface area contributed by atoms with E-state index in [1.54, 1.807) is 6.20 Å². The number of aromatic nitrogens is 1. The van der Waals surface area contributed by atoms with Crippen LogP contribution in [0.3, 0.4) is 0 Å². The van der Waals surface area contributed by atoms with Gasteiger partial charge in [0.25, 0.3) is 0 Å². The van der Waals surface area contributed by atoms with Gasteiger partial charge in [0.05, 0.1) is 16.8 Å². The third kappa shape index (κ3) is 1.74. The zero-order chi connectivity index (χ0) is 11.7. The van der Waals surface area contributed by atoms with E-state index in [4.69, 9.17) is 5.26 Å². The molecule has 0 saturated heterocycles. The first-order valence-electron chi connectivity index (χ1n) is 4.79. The second kappa shape index (κ2) is 4.11. The van der Waals surface area contributed by atoms with Gasteiger partial charge in [0.15, 0.2) is 0 Å². The van der Waals surface area contributed by atoms with Crippen molar-refractivity contribution < 1.29 is 0 Å². The van der Waals surface area contributed by atoms with Crippen molar-refractivity contribution in [2.24, 2.45) is 0 Å². The van der Waals surface area contributed by atoms with E-state index in [9.17, 15) is 0 Å². The third-order valence-corrected chi connectivity index (χ3v) is 2.86. The minimum atomic E-state index is 0.593. The molecular formula is C12H10BrN3. The van der Waals surface area contributed by atoms with E-state index in [0.717, 1.165) is 21.1 Å². The van der Waals surface area contributed by atoms with Crippen molar-refractivity contribution in [3.05, 3.63) is 34.4 Å². The van der Waals surface area contributed by atoms with Crippen molar-refractivity contribution in [1.29, 1.82) is 5.26 Å². The maximum absolute atomic E-state index is 9.07. The highest BCUT2D eigenvalue weighted by Crippen LogP contribution is 2.29. The zero-order valence-corrected chi connectivity index (χ0v) is 10.6. The van der Waals surface area contributed by atoms with E-state index in [0.29, 0.717) is 5.56 Å². The number of hydrogen-bond acceptors (Lipinski definition) is 3. The summed E-state index contributed by atoms with van der Waals surface area (Å²) in [5.74, 6) is 0. The van der Waals surface area contributed by atoms with Crippen LogP contribution in [-0.4, -0.2) is 19.1 Å². The van der Waals surface area contributed by atoms with E-state index in [1.807, 2.05) is 37.2 Å². The van der Waals surface area contributed by atoms with Crippen LogP contribution in [-0.2, 0) is 0 Å². The number of anilines is 1. The number of nitrogens with zero attached hydrogens (tertiary/aromatic N) is 3. The second-order valence-electron chi connectivity index (χ2n) is 3.69. The van der Waals surface area contributed by atoms with Crippen LogP contribution >= 0.6 is 15.9 Å². The molecule has 2 aromatic rings. The van der Waals surface area contributed by atoms with Gasteiger partial charge in [-0.1, -0.05) is 15.9 Å². The third-order valence-electron chi connectivity index (χ3n) is 2.37. The molecule has 1 heterocycles. The van der Waals surface area contributed by atoms with Crippen LogP contribution in [0.1, 0.15) is 5.56 Å². The second-order valence-corrected chi connectivity index (χ2v) is 4.60. The molecule has 16 heavy (non-hydrogen) atoms.